The van der Waals surface area contributed by atoms with Gasteiger partial charge in [0.15, 0.2) is 0 Å². The molecule has 0 saturated heterocycles. The number of anilines is 1. The summed E-state index contributed by atoms with van der Waals surface area (Å²) >= 11 is 0. The molecule has 1 N–H and O–H groups in total. The Morgan fingerprint density at radius 3 is 2.79 bits per heavy atom. The molecular formula is C25H28N2O2. The van der Waals surface area contributed by atoms with Gasteiger partial charge in [-0.15, -0.1) is 0 Å². The van der Waals surface area contributed by atoms with Crippen LogP contribution in [0.4, 0.5) is 5.82 Å². The van der Waals surface area contributed by atoms with Crippen LogP contribution < -0.4 is 10.1 Å². The van der Waals surface area contributed by atoms with Crippen molar-refractivity contribution in [3.63, 3.8) is 0 Å². The maximum atomic E-state index is 12.8. The van der Waals surface area contributed by atoms with E-state index in [2.05, 4.69) is 49.3 Å². The van der Waals surface area contributed by atoms with Crippen LogP contribution in [0.25, 0.3) is 10.8 Å². The van der Waals surface area contributed by atoms with Crippen molar-refractivity contribution in [1.29, 1.82) is 0 Å². The third-order valence-corrected chi connectivity index (χ3v) is 5.65. The number of hydrogen-bond acceptors (Lipinski definition) is 3. The molecule has 0 bridgehead atoms. The summed E-state index contributed by atoms with van der Waals surface area (Å²) in [6, 6.07) is 16.3. The van der Waals surface area contributed by atoms with E-state index in [9.17, 15) is 4.79 Å². The van der Waals surface area contributed by atoms with Gasteiger partial charge in [0.25, 0.3) is 0 Å². The summed E-state index contributed by atoms with van der Waals surface area (Å²) in [7, 11) is 0. The van der Waals surface area contributed by atoms with Crippen molar-refractivity contribution in [2.75, 3.05) is 5.32 Å². The Morgan fingerprint density at radius 2 is 2.00 bits per heavy atom. The number of nitrogens with zero attached hydrogens (tertiary/aromatic N) is 1. The number of hydrogen-bond donors (Lipinski definition) is 1. The van der Waals surface area contributed by atoms with Gasteiger partial charge in [-0.3, -0.25) is 4.79 Å². The van der Waals surface area contributed by atoms with E-state index in [-0.39, 0.29) is 23.3 Å². The summed E-state index contributed by atoms with van der Waals surface area (Å²) in [5, 5.41) is 5.02. The lowest BCUT2D eigenvalue weighted by atomic mass is 9.85. The molecule has 1 aliphatic rings. The van der Waals surface area contributed by atoms with Crippen molar-refractivity contribution >= 4 is 22.5 Å². The number of ether oxygens (including phenoxy) is 1. The van der Waals surface area contributed by atoms with Crippen LogP contribution in [0.5, 0.6) is 5.75 Å². The second-order valence-electron chi connectivity index (χ2n) is 9.02. The molecule has 4 rings (SSSR count). The number of pyridine rings is 1. The van der Waals surface area contributed by atoms with Gasteiger partial charge in [0.1, 0.15) is 17.7 Å². The summed E-state index contributed by atoms with van der Waals surface area (Å²) in [4.78, 5) is 17.2. The zero-order chi connectivity index (χ0) is 20.6. The molecule has 0 saturated carbocycles. The second kappa shape index (κ2) is 7.51. The molecule has 1 amide bonds. The molecule has 0 aliphatic carbocycles. The van der Waals surface area contributed by atoms with Gasteiger partial charge in [0.05, 0.1) is 0 Å². The molecule has 3 aromatic rings. The van der Waals surface area contributed by atoms with Crippen LogP contribution in [0.2, 0.25) is 0 Å². The van der Waals surface area contributed by atoms with Crippen LogP contribution in [0.15, 0.2) is 54.7 Å². The highest BCUT2D eigenvalue weighted by molar-refractivity contribution is 6.00. The number of aromatic nitrogens is 1. The van der Waals surface area contributed by atoms with Gasteiger partial charge in [-0.25, -0.2) is 4.98 Å². The van der Waals surface area contributed by atoms with E-state index >= 15 is 0 Å². The highest BCUT2D eigenvalue weighted by atomic mass is 16.5. The van der Waals surface area contributed by atoms with Gasteiger partial charge >= 0.3 is 0 Å². The Kier molecular flexibility index (Phi) is 5.03. The molecular weight excluding hydrogens is 360 g/mol. The number of benzene rings is 2. The molecule has 0 fully saturated rings. The first-order valence-electron chi connectivity index (χ1n) is 10.3. The van der Waals surface area contributed by atoms with Gasteiger partial charge in [-0.2, -0.15) is 0 Å². The van der Waals surface area contributed by atoms with Gasteiger partial charge in [-0.05, 0) is 40.5 Å². The molecule has 4 nitrogen and oxygen atoms in total. The molecule has 150 valence electrons. The largest absolute Gasteiger partial charge is 0.490 e. The van der Waals surface area contributed by atoms with Crippen molar-refractivity contribution in [3.05, 3.63) is 65.9 Å². The fourth-order valence-electron chi connectivity index (χ4n) is 3.88. The van der Waals surface area contributed by atoms with Gasteiger partial charge in [0, 0.05) is 23.9 Å². The van der Waals surface area contributed by atoms with Crippen molar-refractivity contribution in [2.45, 2.75) is 52.1 Å². The molecule has 2 unspecified atom stereocenters. The van der Waals surface area contributed by atoms with E-state index in [1.807, 2.05) is 37.3 Å². The Balaban J connectivity index is 1.41. The Bertz CT molecular complexity index is 1050. The van der Waals surface area contributed by atoms with E-state index in [1.54, 1.807) is 6.20 Å². The van der Waals surface area contributed by atoms with Crippen molar-refractivity contribution in [3.8, 4) is 5.75 Å². The van der Waals surface area contributed by atoms with Crippen molar-refractivity contribution in [1.82, 2.24) is 4.98 Å². The smallest absolute Gasteiger partial charge is 0.228 e. The summed E-state index contributed by atoms with van der Waals surface area (Å²) < 4.78 is 6.12. The lowest BCUT2D eigenvalue weighted by molar-refractivity contribution is -0.120. The monoisotopic (exact) mass is 388 g/mol. The zero-order valence-electron chi connectivity index (χ0n) is 17.5. The quantitative estimate of drug-likeness (QED) is 0.642. The first kappa shape index (κ1) is 19.4. The molecule has 2 atom stereocenters. The molecule has 1 aromatic heterocycles. The normalized spacial score (nSPS) is 16.9. The topological polar surface area (TPSA) is 51.2 Å². The third kappa shape index (κ3) is 4.12. The first-order valence-corrected chi connectivity index (χ1v) is 10.3. The first-order chi connectivity index (χ1) is 13.8. The molecule has 4 heteroatoms. The number of carbonyl (C=O) groups excluding carboxylic acids is 1. The predicted molar refractivity (Wildman–Crippen MR) is 117 cm³/mol. The minimum Gasteiger partial charge on any atom is -0.490 e. The fourth-order valence-corrected chi connectivity index (χ4v) is 3.88. The zero-order valence-corrected chi connectivity index (χ0v) is 17.5. The Labute approximate surface area is 172 Å². The molecule has 2 aromatic carbocycles. The van der Waals surface area contributed by atoms with Crippen LogP contribution >= 0.6 is 0 Å². The third-order valence-electron chi connectivity index (χ3n) is 5.65. The maximum absolute atomic E-state index is 12.8. The van der Waals surface area contributed by atoms with E-state index in [0.29, 0.717) is 12.2 Å². The Morgan fingerprint density at radius 1 is 1.21 bits per heavy atom. The fraction of sp³-hybridized carbons (Fsp3) is 0.360. The molecule has 2 heterocycles. The second-order valence-corrected chi connectivity index (χ2v) is 9.02. The number of amides is 1. The van der Waals surface area contributed by atoms with Gasteiger partial charge < -0.3 is 10.1 Å². The number of nitrogens with one attached hydrogen (secondary N) is 1. The van der Waals surface area contributed by atoms with Crippen molar-refractivity contribution in [2.24, 2.45) is 5.92 Å². The van der Waals surface area contributed by atoms with Crippen LogP contribution in [0.3, 0.4) is 0 Å². The van der Waals surface area contributed by atoms with E-state index in [4.69, 9.17) is 4.74 Å². The van der Waals surface area contributed by atoms with Gasteiger partial charge in [-0.1, -0.05) is 64.1 Å². The molecule has 0 spiro atoms. The average Bonchev–Trinajstić information content (AvgIpc) is 3.09. The lowest BCUT2D eigenvalue weighted by Crippen LogP contribution is -2.26. The summed E-state index contributed by atoms with van der Waals surface area (Å²) in [6.07, 6.45) is 3.28. The standard InChI is InChI=1S/C25H28N2O2/c1-16(24(28)27-23-21-8-6-5-7-17(21)11-12-26-23)13-20-15-18-14-19(25(2,3)4)9-10-22(18)29-20/h5-12,14,16,20H,13,15H2,1-4H3,(H,26,27,28). The number of rotatable bonds is 4. The average molecular weight is 389 g/mol. The minimum atomic E-state index is -0.169. The number of fused-ring (bicyclic) bond motifs is 2. The summed E-state index contributed by atoms with van der Waals surface area (Å²) in [6.45, 7) is 8.61. The van der Waals surface area contributed by atoms with Crippen LogP contribution in [0, 0.1) is 5.92 Å². The summed E-state index contributed by atoms with van der Waals surface area (Å²) in [5.74, 6) is 1.37. The van der Waals surface area contributed by atoms with E-state index in [1.165, 1.54) is 11.1 Å². The SMILES string of the molecule is CC(CC1Cc2cc(C(C)(C)C)ccc2O1)C(=O)Nc1nccc2ccccc12. The number of carbonyl (C=O) groups is 1. The lowest BCUT2D eigenvalue weighted by Gasteiger charge is -2.19. The molecule has 1 aliphatic heterocycles. The molecule has 29 heavy (non-hydrogen) atoms. The predicted octanol–water partition coefficient (Wildman–Crippen LogP) is 5.50. The van der Waals surface area contributed by atoms with Crippen molar-refractivity contribution < 1.29 is 9.53 Å². The maximum Gasteiger partial charge on any atom is 0.228 e. The molecule has 0 radical (unpaired) electrons. The highest BCUT2D eigenvalue weighted by Crippen LogP contribution is 2.35. The minimum absolute atomic E-state index is 0.0243. The van der Waals surface area contributed by atoms with Crippen LogP contribution in [-0.2, 0) is 16.6 Å². The van der Waals surface area contributed by atoms with Gasteiger partial charge in [0.2, 0.25) is 5.91 Å². The van der Waals surface area contributed by atoms with Crippen LogP contribution in [-0.4, -0.2) is 17.0 Å². The Hall–Kier alpha value is -2.88. The summed E-state index contributed by atoms with van der Waals surface area (Å²) in [5.41, 5.74) is 2.67. The van der Waals surface area contributed by atoms with Crippen LogP contribution in [0.1, 0.15) is 45.2 Å². The van der Waals surface area contributed by atoms with E-state index < -0.39 is 0 Å². The van der Waals surface area contributed by atoms with E-state index in [0.717, 1.165) is 22.9 Å². The highest BCUT2D eigenvalue weighted by Gasteiger charge is 2.28.